The van der Waals surface area contributed by atoms with Crippen LogP contribution in [0.3, 0.4) is 0 Å². The molecule has 0 radical (unpaired) electrons. The Bertz CT molecular complexity index is 1300. The summed E-state index contributed by atoms with van der Waals surface area (Å²) in [5.41, 5.74) is 2.16. The van der Waals surface area contributed by atoms with Crippen LogP contribution in [0.4, 0.5) is 0 Å². The van der Waals surface area contributed by atoms with Crippen molar-refractivity contribution in [2.45, 2.75) is 18.2 Å². The maximum absolute atomic E-state index is 12.7. The van der Waals surface area contributed by atoms with Gasteiger partial charge in [0.05, 0.1) is 28.4 Å². The number of aromatic nitrogens is 2. The molecule has 0 spiro atoms. The quantitative estimate of drug-likeness (QED) is 0.552. The number of nitrogens with one attached hydrogen (secondary N) is 1. The van der Waals surface area contributed by atoms with E-state index in [4.69, 9.17) is 0 Å². The van der Waals surface area contributed by atoms with Gasteiger partial charge >= 0.3 is 0 Å². The van der Waals surface area contributed by atoms with Gasteiger partial charge in [-0.15, -0.1) is 0 Å². The second kappa shape index (κ2) is 7.52. The van der Waals surface area contributed by atoms with Crippen LogP contribution in [-0.4, -0.2) is 24.1 Å². The molecular weight excluding hydrogens is 386 g/mol. The van der Waals surface area contributed by atoms with E-state index >= 15 is 0 Å². The fourth-order valence-corrected chi connectivity index (χ4v) is 4.23. The average molecular weight is 405 g/mol. The molecule has 6 nitrogen and oxygen atoms in total. The molecule has 3 aromatic carbocycles. The number of fused-ring (bicyclic) bond motifs is 1. The molecule has 0 unspecified atom stereocenters. The van der Waals surface area contributed by atoms with Gasteiger partial charge in [-0.2, -0.15) is 5.10 Å². The maximum atomic E-state index is 12.7. The van der Waals surface area contributed by atoms with Gasteiger partial charge in [0.2, 0.25) is 5.91 Å². The van der Waals surface area contributed by atoms with E-state index in [0.29, 0.717) is 5.69 Å². The Morgan fingerprint density at radius 1 is 0.931 bits per heavy atom. The van der Waals surface area contributed by atoms with E-state index in [1.54, 1.807) is 22.9 Å². The summed E-state index contributed by atoms with van der Waals surface area (Å²) in [7, 11) is -3.97. The molecule has 0 aliphatic carbocycles. The van der Waals surface area contributed by atoms with Crippen molar-refractivity contribution in [3.8, 4) is 5.69 Å². The van der Waals surface area contributed by atoms with Crippen molar-refractivity contribution in [3.05, 3.63) is 90.3 Å². The van der Waals surface area contributed by atoms with E-state index in [-0.39, 0.29) is 11.3 Å². The highest BCUT2D eigenvalue weighted by atomic mass is 32.2. The third kappa shape index (κ3) is 4.05. The molecule has 4 rings (SSSR count). The first kappa shape index (κ1) is 18.9. The molecule has 1 N–H and O–H groups in total. The van der Waals surface area contributed by atoms with E-state index in [1.165, 1.54) is 6.07 Å². The van der Waals surface area contributed by atoms with Gasteiger partial charge in [0.15, 0.2) is 0 Å². The van der Waals surface area contributed by atoms with Crippen molar-refractivity contribution in [2.75, 3.05) is 0 Å². The number of carbonyl (C=O) groups excluding carboxylic acids is 1. The molecular formula is C22H19N3O3S. The van der Waals surface area contributed by atoms with Crippen LogP contribution in [0, 0.1) is 6.92 Å². The van der Waals surface area contributed by atoms with Gasteiger partial charge in [-0.25, -0.2) is 17.8 Å². The highest BCUT2D eigenvalue weighted by molar-refractivity contribution is 7.90. The molecule has 0 atom stereocenters. The first-order valence-corrected chi connectivity index (χ1v) is 10.6. The summed E-state index contributed by atoms with van der Waals surface area (Å²) < 4.78 is 29.2. The lowest BCUT2D eigenvalue weighted by Crippen LogP contribution is -2.32. The zero-order valence-electron chi connectivity index (χ0n) is 15.7. The Hall–Kier alpha value is -3.45. The van der Waals surface area contributed by atoms with Crippen molar-refractivity contribution in [1.82, 2.24) is 14.5 Å². The SMILES string of the molecule is Cc1cc(CC(=O)NS(=O)(=O)c2ccc3ccccc3c2)n(-c2ccccc2)n1. The van der Waals surface area contributed by atoms with Crippen LogP contribution in [0.15, 0.2) is 83.8 Å². The van der Waals surface area contributed by atoms with E-state index < -0.39 is 15.9 Å². The lowest BCUT2D eigenvalue weighted by atomic mass is 10.1. The zero-order chi connectivity index (χ0) is 20.4. The summed E-state index contributed by atoms with van der Waals surface area (Å²) in [4.78, 5) is 12.6. The third-order valence-corrected chi connectivity index (χ3v) is 5.90. The normalized spacial score (nSPS) is 11.5. The summed E-state index contributed by atoms with van der Waals surface area (Å²) in [5.74, 6) is -0.616. The van der Waals surface area contributed by atoms with Crippen molar-refractivity contribution in [2.24, 2.45) is 0 Å². The van der Waals surface area contributed by atoms with Gasteiger partial charge in [-0.3, -0.25) is 4.79 Å². The van der Waals surface area contributed by atoms with Crippen LogP contribution in [0.1, 0.15) is 11.4 Å². The Labute approximate surface area is 168 Å². The predicted octanol–water partition coefficient (Wildman–Crippen LogP) is 3.38. The summed E-state index contributed by atoms with van der Waals surface area (Å²) in [6, 6.07) is 23.4. The monoisotopic (exact) mass is 405 g/mol. The summed E-state index contributed by atoms with van der Waals surface area (Å²) in [5, 5.41) is 6.13. The summed E-state index contributed by atoms with van der Waals surface area (Å²) in [6.07, 6.45) is -0.109. The molecule has 0 saturated carbocycles. The minimum Gasteiger partial charge on any atom is -0.274 e. The topological polar surface area (TPSA) is 81.1 Å². The molecule has 0 fully saturated rings. The number of rotatable bonds is 5. The number of carbonyl (C=O) groups is 1. The smallest absolute Gasteiger partial charge is 0.264 e. The number of aryl methyl sites for hydroxylation is 1. The molecule has 0 aliphatic heterocycles. The van der Waals surface area contributed by atoms with Crippen LogP contribution < -0.4 is 4.72 Å². The van der Waals surface area contributed by atoms with E-state index in [1.807, 2.05) is 61.5 Å². The summed E-state index contributed by atoms with van der Waals surface area (Å²) in [6.45, 7) is 1.83. The molecule has 1 amide bonds. The van der Waals surface area contributed by atoms with Gasteiger partial charge in [0.25, 0.3) is 10.0 Å². The largest absolute Gasteiger partial charge is 0.274 e. The predicted molar refractivity (Wildman–Crippen MR) is 111 cm³/mol. The molecule has 4 aromatic rings. The van der Waals surface area contributed by atoms with Gasteiger partial charge in [0.1, 0.15) is 0 Å². The number of sulfonamides is 1. The van der Waals surface area contributed by atoms with Gasteiger partial charge in [-0.1, -0.05) is 48.5 Å². The lowest BCUT2D eigenvalue weighted by Gasteiger charge is -2.10. The second-order valence-corrected chi connectivity index (χ2v) is 8.42. The minimum absolute atomic E-state index is 0.0531. The van der Waals surface area contributed by atoms with E-state index in [0.717, 1.165) is 22.2 Å². The number of hydrogen-bond donors (Lipinski definition) is 1. The van der Waals surface area contributed by atoms with Crippen molar-refractivity contribution in [1.29, 1.82) is 0 Å². The molecule has 0 saturated heterocycles. The Morgan fingerprint density at radius 2 is 1.62 bits per heavy atom. The summed E-state index contributed by atoms with van der Waals surface area (Å²) >= 11 is 0. The van der Waals surface area contributed by atoms with Crippen molar-refractivity contribution in [3.63, 3.8) is 0 Å². The average Bonchev–Trinajstić information content (AvgIpc) is 3.07. The first-order chi connectivity index (χ1) is 13.9. The fourth-order valence-electron chi connectivity index (χ4n) is 3.22. The molecule has 1 heterocycles. The maximum Gasteiger partial charge on any atom is 0.264 e. The van der Waals surface area contributed by atoms with Crippen LogP contribution in [0.5, 0.6) is 0 Å². The molecule has 0 aliphatic rings. The number of benzene rings is 3. The highest BCUT2D eigenvalue weighted by Gasteiger charge is 2.20. The molecule has 29 heavy (non-hydrogen) atoms. The number of nitrogens with zero attached hydrogens (tertiary/aromatic N) is 2. The van der Waals surface area contributed by atoms with E-state index in [9.17, 15) is 13.2 Å². The fraction of sp³-hybridized carbons (Fsp3) is 0.0909. The Balaban J connectivity index is 1.56. The molecule has 0 bridgehead atoms. The second-order valence-electron chi connectivity index (χ2n) is 6.74. The highest BCUT2D eigenvalue weighted by Crippen LogP contribution is 2.19. The van der Waals surface area contributed by atoms with Crippen LogP contribution in [0.2, 0.25) is 0 Å². The van der Waals surface area contributed by atoms with Crippen LogP contribution in [0.25, 0.3) is 16.5 Å². The van der Waals surface area contributed by atoms with Gasteiger partial charge in [-0.05, 0) is 48.0 Å². The van der Waals surface area contributed by atoms with Crippen LogP contribution in [-0.2, 0) is 21.2 Å². The first-order valence-electron chi connectivity index (χ1n) is 9.08. The van der Waals surface area contributed by atoms with Gasteiger partial charge in [0, 0.05) is 0 Å². The van der Waals surface area contributed by atoms with E-state index in [2.05, 4.69) is 9.82 Å². The third-order valence-electron chi connectivity index (χ3n) is 4.53. The molecule has 7 heteroatoms. The van der Waals surface area contributed by atoms with Crippen molar-refractivity contribution >= 4 is 26.7 Å². The Morgan fingerprint density at radius 3 is 2.38 bits per heavy atom. The molecule has 1 aromatic heterocycles. The number of hydrogen-bond acceptors (Lipinski definition) is 4. The number of para-hydroxylation sites is 1. The Kier molecular flexibility index (Phi) is 4.90. The lowest BCUT2D eigenvalue weighted by molar-refractivity contribution is -0.118. The number of amides is 1. The van der Waals surface area contributed by atoms with Gasteiger partial charge < -0.3 is 0 Å². The minimum atomic E-state index is -3.97. The van der Waals surface area contributed by atoms with Crippen LogP contribution >= 0.6 is 0 Å². The van der Waals surface area contributed by atoms with Crippen molar-refractivity contribution < 1.29 is 13.2 Å². The molecule has 146 valence electrons. The standard InChI is InChI=1S/C22H19N3O3S/c1-16-13-20(25(23-16)19-9-3-2-4-10-19)15-22(26)24-29(27,28)21-12-11-17-7-5-6-8-18(17)14-21/h2-14H,15H2,1H3,(H,24,26). The zero-order valence-corrected chi connectivity index (χ0v) is 16.6.